The van der Waals surface area contributed by atoms with Crippen LogP contribution in [0.1, 0.15) is 17.9 Å². The molecular formula is C10H8ClNO2. The van der Waals surface area contributed by atoms with Crippen LogP contribution in [-0.4, -0.2) is 11.1 Å². The molecule has 4 heteroatoms. The van der Waals surface area contributed by atoms with E-state index in [4.69, 9.17) is 22.0 Å². The Bertz CT molecular complexity index is 367. The van der Waals surface area contributed by atoms with Crippen molar-refractivity contribution in [2.45, 2.75) is 12.3 Å². The van der Waals surface area contributed by atoms with E-state index in [2.05, 4.69) is 0 Å². The van der Waals surface area contributed by atoms with Crippen molar-refractivity contribution in [3.8, 4) is 6.07 Å². The lowest BCUT2D eigenvalue weighted by atomic mass is 9.97. The topological polar surface area (TPSA) is 61.1 Å². The molecule has 0 aromatic heterocycles. The van der Waals surface area contributed by atoms with Gasteiger partial charge < -0.3 is 5.11 Å². The van der Waals surface area contributed by atoms with Crippen LogP contribution < -0.4 is 0 Å². The highest BCUT2D eigenvalue weighted by molar-refractivity contribution is 6.30. The quantitative estimate of drug-likeness (QED) is 0.832. The van der Waals surface area contributed by atoms with Gasteiger partial charge in [-0.05, 0) is 17.7 Å². The zero-order chi connectivity index (χ0) is 10.6. The van der Waals surface area contributed by atoms with E-state index in [0.29, 0.717) is 10.6 Å². The van der Waals surface area contributed by atoms with Crippen LogP contribution in [0.2, 0.25) is 5.02 Å². The monoisotopic (exact) mass is 209 g/mol. The van der Waals surface area contributed by atoms with Crippen LogP contribution in [0.4, 0.5) is 0 Å². The molecule has 0 aliphatic carbocycles. The van der Waals surface area contributed by atoms with Crippen LogP contribution >= 0.6 is 11.6 Å². The van der Waals surface area contributed by atoms with Gasteiger partial charge in [0.2, 0.25) is 0 Å². The van der Waals surface area contributed by atoms with Crippen molar-refractivity contribution in [1.82, 2.24) is 0 Å². The fourth-order valence-electron chi connectivity index (χ4n) is 1.11. The number of benzene rings is 1. The van der Waals surface area contributed by atoms with E-state index >= 15 is 0 Å². The molecule has 0 radical (unpaired) electrons. The Morgan fingerprint density at radius 3 is 2.50 bits per heavy atom. The molecule has 0 spiro atoms. The highest BCUT2D eigenvalue weighted by Crippen LogP contribution is 2.20. The highest BCUT2D eigenvalue weighted by atomic mass is 35.5. The summed E-state index contributed by atoms with van der Waals surface area (Å²) < 4.78 is 0. The molecule has 14 heavy (non-hydrogen) atoms. The number of carbonyl (C=O) groups is 1. The van der Waals surface area contributed by atoms with Gasteiger partial charge in [0.1, 0.15) is 0 Å². The average molecular weight is 210 g/mol. The molecule has 1 rings (SSSR count). The van der Waals surface area contributed by atoms with Gasteiger partial charge in [0.15, 0.2) is 0 Å². The van der Waals surface area contributed by atoms with Crippen LogP contribution in [0.15, 0.2) is 24.3 Å². The summed E-state index contributed by atoms with van der Waals surface area (Å²) >= 11 is 5.67. The molecule has 1 unspecified atom stereocenters. The van der Waals surface area contributed by atoms with Crippen molar-refractivity contribution >= 4 is 17.6 Å². The van der Waals surface area contributed by atoms with Crippen LogP contribution in [0, 0.1) is 11.3 Å². The van der Waals surface area contributed by atoms with E-state index in [0.717, 1.165) is 0 Å². The van der Waals surface area contributed by atoms with Crippen molar-refractivity contribution in [3.05, 3.63) is 34.9 Å². The number of hydrogen-bond acceptors (Lipinski definition) is 2. The molecule has 1 N–H and O–H groups in total. The van der Waals surface area contributed by atoms with E-state index in [1.165, 1.54) is 0 Å². The molecular weight excluding hydrogens is 202 g/mol. The molecule has 1 aromatic rings. The second-order valence-corrected chi connectivity index (χ2v) is 3.27. The zero-order valence-electron chi connectivity index (χ0n) is 7.27. The van der Waals surface area contributed by atoms with Crippen LogP contribution in [0.3, 0.4) is 0 Å². The summed E-state index contributed by atoms with van der Waals surface area (Å²) in [5.74, 6) is -1.59. The third-order valence-corrected chi connectivity index (χ3v) is 2.06. The first-order chi connectivity index (χ1) is 6.63. The third kappa shape index (κ3) is 2.75. The number of nitrogens with zero attached hydrogens (tertiary/aromatic N) is 1. The third-order valence-electron chi connectivity index (χ3n) is 1.81. The molecule has 0 aliphatic heterocycles. The number of halogens is 1. The summed E-state index contributed by atoms with van der Waals surface area (Å²) in [6.07, 6.45) is -0.182. The number of hydrogen-bond donors (Lipinski definition) is 1. The summed E-state index contributed by atoms with van der Waals surface area (Å²) in [7, 11) is 0. The predicted octanol–water partition coefficient (Wildman–Crippen LogP) is 2.42. The molecule has 0 saturated heterocycles. The highest BCUT2D eigenvalue weighted by Gasteiger charge is 2.14. The average Bonchev–Trinajstić information content (AvgIpc) is 2.15. The normalized spacial score (nSPS) is 11.7. The summed E-state index contributed by atoms with van der Waals surface area (Å²) in [4.78, 5) is 10.4. The van der Waals surface area contributed by atoms with E-state index in [9.17, 15) is 4.79 Å². The maximum Gasteiger partial charge on any atom is 0.305 e. The fourth-order valence-corrected chi connectivity index (χ4v) is 1.23. The van der Waals surface area contributed by atoms with Crippen molar-refractivity contribution in [2.24, 2.45) is 0 Å². The molecule has 0 aliphatic rings. The number of rotatable bonds is 3. The smallest absolute Gasteiger partial charge is 0.305 e. The summed E-state index contributed by atoms with van der Waals surface area (Å²) in [6, 6.07) is 8.56. The summed E-state index contributed by atoms with van der Waals surface area (Å²) in [5, 5.41) is 17.9. The van der Waals surface area contributed by atoms with Gasteiger partial charge in [-0.25, -0.2) is 0 Å². The van der Waals surface area contributed by atoms with Gasteiger partial charge in [-0.3, -0.25) is 4.79 Å². The van der Waals surface area contributed by atoms with Crippen molar-refractivity contribution < 1.29 is 9.90 Å². The van der Waals surface area contributed by atoms with Crippen molar-refractivity contribution in [2.75, 3.05) is 0 Å². The first-order valence-electron chi connectivity index (χ1n) is 4.00. The lowest BCUT2D eigenvalue weighted by Crippen LogP contribution is -2.04. The Hall–Kier alpha value is -1.53. The Balaban J connectivity index is 2.85. The van der Waals surface area contributed by atoms with Gasteiger partial charge in [-0.2, -0.15) is 5.26 Å². The van der Waals surface area contributed by atoms with Crippen molar-refractivity contribution in [1.29, 1.82) is 5.26 Å². The Labute approximate surface area is 86.5 Å². The van der Waals surface area contributed by atoms with Gasteiger partial charge in [0.25, 0.3) is 0 Å². The van der Waals surface area contributed by atoms with E-state index in [-0.39, 0.29) is 6.42 Å². The first-order valence-corrected chi connectivity index (χ1v) is 4.38. The lowest BCUT2D eigenvalue weighted by Gasteiger charge is -2.05. The second kappa shape index (κ2) is 4.64. The Morgan fingerprint density at radius 2 is 2.07 bits per heavy atom. The van der Waals surface area contributed by atoms with Gasteiger partial charge in [0.05, 0.1) is 18.4 Å². The predicted molar refractivity (Wildman–Crippen MR) is 52.1 cm³/mol. The molecule has 3 nitrogen and oxygen atoms in total. The van der Waals surface area contributed by atoms with Crippen LogP contribution in [-0.2, 0) is 4.79 Å². The van der Waals surface area contributed by atoms with Crippen LogP contribution in [0.25, 0.3) is 0 Å². The van der Waals surface area contributed by atoms with Gasteiger partial charge in [0, 0.05) is 5.02 Å². The number of aliphatic carboxylic acids is 1. The molecule has 0 bridgehead atoms. The summed E-state index contributed by atoms with van der Waals surface area (Å²) in [5.41, 5.74) is 0.680. The number of carboxylic acid groups (broad SMARTS) is 1. The first kappa shape index (κ1) is 10.6. The Morgan fingerprint density at radius 1 is 1.50 bits per heavy atom. The molecule has 0 heterocycles. The minimum Gasteiger partial charge on any atom is -0.481 e. The Kier molecular flexibility index (Phi) is 3.49. The number of nitriles is 1. The molecule has 0 amide bonds. The molecule has 0 fully saturated rings. The number of carboxylic acids is 1. The standard InChI is InChI=1S/C10H8ClNO2/c11-9-3-1-7(2-4-9)8(6-12)5-10(13)14/h1-4,8H,5H2,(H,13,14). The van der Waals surface area contributed by atoms with E-state index < -0.39 is 11.9 Å². The van der Waals surface area contributed by atoms with Crippen LogP contribution in [0.5, 0.6) is 0 Å². The largest absolute Gasteiger partial charge is 0.481 e. The molecule has 0 saturated carbocycles. The fraction of sp³-hybridized carbons (Fsp3) is 0.200. The minimum atomic E-state index is -0.980. The second-order valence-electron chi connectivity index (χ2n) is 2.83. The molecule has 1 aromatic carbocycles. The molecule has 72 valence electrons. The van der Waals surface area contributed by atoms with Gasteiger partial charge in [-0.1, -0.05) is 23.7 Å². The van der Waals surface area contributed by atoms with E-state index in [1.54, 1.807) is 24.3 Å². The zero-order valence-corrected chi connectivity index (χ0v) is 8.03. The van der Waals surface area contributed by atoms with Gasteiger partial charge in [-0.15, -0.1) is 0 Å². The molecule has 1 atom stereocenters. The lowest BCUT2D eigenvalue weighted by molar-refractivity contribution is -0.137. The summed E-state index contributed by atoms with van der Waals surface area (Å²) in [6.45, 7) is 0. The minimum absolute atomic E-state index is 0.182. The maximum atomic E-state index is 10.4. The van der Waals surface area contributed by atoms with Crippen molar-refractivity contribution in [3.63, 3.8) is 0 Å². The maximum absolute atomic E-state index is 10.4. The SMILES string of the molecule is N#CC(CC(=O)O)c1ccc(Cl)cc1. The van der Waals surface area contributed by atoms with E-state index in [1.807, 2.05) is 6.07 Å². The van der Waals surface area contributed by atoms with Gasteiger partial charge >= 0.3 is 5.97 Å².